The molecule has 0 bridgehead atoms. The molecule has 0 radical (unpaired) electrons. The van der Waals surface area contributed by atoms with E-state index in [0.717, 1.165) is 25.3 Å². The third-order valence-electron chi connectivity index (χ3n) is 6.10. The topological polar surface area (TPSA) is 118 Å². The highest BCUT2D eigenvalue weighted by molar-refractivity contribution is 9.09. The summed E-state index contributed by atoms with van der Waals surface area (Å²) in [5.41, 5.74) is 6.96. The fraction of sp³-hybridized carbons (Fsp3) is 0.148. The van der Waals surface area contributed by atoms with Crippen molar-refractivity contribution in [2.24, 2.45) is 4.99 Å². The first kappa shape index (κ1) is 29.5. The molecule has 0 fully saturated rings. The summed E-state index contributed by atoms with van der Waals surface area (Å²) in [6.07, 6.45) is -4.98. The Morgan fingerprint density at radius 3 is 2.27 bits per heavy atom. The second-order valence-electron chi connectivity index (χ2n) is 8.61. The molecule has 214 valence electrons. The van der Waals surface area contributed by atoms with Gasteiger partial charge in [0.05, 0.1) is 36.3 Å². The number of hydrogen-bond donors (Lipinski definition) is 2. The van der Waals surface area contributed by atoms with Crippen LogP contribution in [0.3, 0.4) is 0 Å². The van der Waals surface area contributed by atoms with Gasteiger partial charge in [-0.2, -0.15) is 13.2 Å². The highest BCUT2D eigenvalue weighted by atomic mass is 79.9. The normalized spacial score (nSPS) is 12.0. The van der Waals surface area contributed by atoms with Gasteiger partial charge in [-0.25, -0.2) is 18.1 Å². The number of nitrogens with zero attached hydrogens (tertiary/aromatic N) is 3. The second kappa shape index (κ2) is 11.6. The Bertz CT molecular complexity index is 1770. The molecule has 4 rings (SSSR count). The molecule has 0 aliphatic rings. The zero-order chi connectivity index (χ0) is 30.1. The number of benzene rings is 3. The number of alkyl halides is 4. The lowest BCUT2D eigenvalue weighted by atomic mass is 10.1. The molecule has 14 heteroatoms. The van der Waals surface area contributed by atoms with Crippen LogP contribution in [0.4, 0.5) is 39.1 Å². The number of nitrogen functional groups attached to an aromatic ring is 2. The number of nitrogens with two attached hydrogens (primary N) is 2. The van der Waals surface area contributed by atoms with Crippen molar-refractivity contribution in [2.75, 3.05) is 23.9 Å². The summed E-state index contributed by atoms with van der Waals surface area (Å²) in [5, 5.41) is -0.122. The van der Waals surface area contributed by atoms with Crippen LogP contribution in [-0.4, -0.2) is 27.3 Å². The van der Waals surface area contributed by atoms with E-state index >= 15 is 4.39 Å². The van der Waals surface area contributed by atoms with Crippen molar-refractivity contribution in [3.8, 4) is 11.4 Å². The Hall–Kier alpha value is -4.46. The number of aromatic nitrogens is 2. The maximum Gasteiger partial charge on any atom is 0.416 e. The van der Waals surface area contributed by atoms with Crippen LogP contribution >= 0.6 is 15.9 Å². The number of halogens is 6. The molecule has 0 aliphatic carbocycles. The minimum atomic E-state index is -4.98. The van der Waals surface area contributed by atoms with Crippen molar-refractivity contribution < 1.29 is 26.7 Å². The number of hydrogen-bond acceptors (Lipinski definition) is 6. The molecular formula is C27H21BrF5N5O3. The zero-order valence-corrected chi connectivity index (χ0v) is 22.8. The lowest BCUT2D eigenvalue weighted by Gasteiger charge is -2.20. The molecule has 0 aliphatic heterocycles. The fourth-order valence-electron chi connectivity index (χ4n) is 4.13. The van der Waals surface area contributed by atoms with Gasteiger partial charge in [-0.05, 0) is 48.5 Å². The van der Waals surface area contributed by atoms with Crippen molar-refractivity contribution in [1.82, 2.24) is 9.13 Å². The Morgan fingerprint density at radius 2 is 1.66 bits per heavy atom. The van der Waals surface area contributed by atoms with E-state index in [2.05, 4.69) is 20.9 Å². The highest BCUT2D eigenvalue weighted by Gasteiger charge is 2.35. The second-order valence-corrected chi connectivity index (χ2v) is 9.17. The molecule has 0 spiro atoms. The first-order valence-corrected chi connectivity index (χ1v) is 12.8. The summed E-state index contributed by atoms with van der Waals surface area (Å²) >= 11 is 3.22. The van der Waals surface area contributed by atoms with Gasteiger partial charge < -0.3 is 16.2 Å². The van der Waals surface area contributed by atoms with Gasteiger partial charge in [-0.3, -0.25) is 14.4 Å². The first-order chi connectivity index (χ1) is 19.4. The van der Waals surface area contributed by atoms with E-state index < -0.39 is 63.8 Å². The van der Waals surface area contributed by atoms with Gasteiger partial charge in [-0.1, -0.05) is 28.1 Å². The van der Waals surface area contributed by atoms with Crippen LogP contribution in [0.25, 0.3) is 5.69 Å². The van der Waals surface area contributed by atoms with Crippen molar-refractivity contribution in [3.63, 3.8) is 0 Å². The molecular weight excluding hydrogens is 617 g/mol. The van der Waals surface area contributed by atoms with Gasteiger partial charge in [0.25, 0.3) is 5.56 Å². The molecule has 4 N–H and O–H groups in total. The number of anilines is 2. The minimum Gasteiger partial charge on any atom is -0.494 e. The predicted molar refractivity (Wildman–Crippen MR) is 149 cm³/mol. The van der Waals surface area contributed by atoms with Crippen LogP contribution in [0.15, 0.2) is 75.2 Å². The van der Waals surface area contributed by atoms with Crippen LogP contribution in [0, 0.1) is 11.6 Å². The third-order valence-corrected chi connectivity index (χ3v) is 6.63. The lowest BCUT2D eigenvalue weighted by molar-refractivity contribution is -0.138. The molecule has 0 saturated heterocycles. The van der Waals surface area contributed by atoms with Gasteiger partial charge >= 0.3 is 11.9 Å². The molecule has 41 heavy (non-hydrogen) atoms. The highest BCUT2D eigenvalue weighted by Crippen LogP contribution is 2.34. The maximum absolute atomic E-state index is 15.3. The smallest absolute Gasteiger partial charge is 0.416 e. The Morgan fingerprint density at radius 1 is 1.00 bits per heavy atom. The largest absolute Gasteiger partial charge is 0.494 e. The van der Waals surface area contributed by atoms with E-state index in [1.54, 1.807) is 0 Å². The molecule has 1 aromatic heterocycles. The Kier molecular flexibility index (Phi) is 8.33. The fourth-order valence-corrected chi connectivity index (χ4v) is 4.54. The number of methoxy groups -OCH3 is 1. The number of ether oxygens (including phenoxy) is 1. The van der Waals surface area contributed by atoms with Crippen LogP contribution in [-0.2, 0) is 12.7 Å². The standard InChI is InChI=1S/C27H21BrF5N5O3/c1-41-21-7-3-6-20(23(21)30)38-25(39)22(19(12-28)36-15-10-8-14(34)9-11-15)24(35)37(26(38)40)13-16-17(27(31,32)33)4-2-5-18(16)29/h2-11H,12-13,34-35H2,1H3. The third kappa shape index (κ3) is 5.73. The first-order valence-electron chi connectivity index (χ1n) is 11.7. The summed E-state index contributed by atoms with van der Waals surface area (Å²) < 4.78 is 77.4. The predicted octanol–water partition coefficient (Wildman–Crippen LogP) is 5.03. The van der Waals surface area contributed by atoms with E-state index in [4.69, 9.17) is 16.2 Å². The van der Waals surface area contributed by atoms with Crippen molar-refractivity contribution in [1.29, 1.82) is 0 Å². The van der Waals surface area contributed by atoms with Gasteiger partial charge in [0.1, 0.15) is 17.2 Å². The number of aliphatic imine (C=N–C) groups is 1. The summed E-state index contributed by atoms with van der Waals surface area (Å²) in [6, 6.07) is 12.1. The van der Waals surface area contributed by atoms with Gasteiger partial charge in [-0.15, -0.1) is 0 Å². The van der Waals surface area contributed by atoms with Crippen LogP contribution < -0.4 is 27.5 Å². The van der Waals surface area contributed by atoms with E-state index in [1.807, 2.05) is 0 Å². The van der Waals surface area contributed by atoms with E-state index in [9.17, 15) is 27.2 Å². The maximum atomic E-state index is 15.3. The average molecular weight is 638 g/mol. The van der Waals surface area contributed by atoms with E-state index in [0.29, 0.717) is 26.6 Å². The molecule has 4 aromatic rings. The summed E-state index contributed by atoms with van der Waals surface area (Å²) in [6.45, 7) is -1.04. The molecule has 0 unspecified atom stereocenters. The molecule has 0 saturated carbocycles. The molecule has 8 nitrogen and oxygen atoms in total. The average Bonchev–Trinajstić information content (AvgIpc) is 2.92. The quantitative estimate of drug-likeness (QED) is 0.128. The van der Waals surface area contributed by atoms with Gasteiger partial charge in [0.2, 0.25) is 0 Å². The van der Waals surface area contributed by atoms with E-state index in [-0.39, 0.29) is 16.8 Å². The molecule has 3 aromatic carbocycles. The Labute approximate surface area is 237 Å². The summed E-state index contributed by atoms with van der Waals surface area (Å²) in [5.74, 6) is -3.29. The lowest BCUT2D eigenvalue weighted by Crippen LogP contribution is -2.44. The van der Waals surface area contributed by atoms with Crippen molar-refractivity contribution in [3.05, 3.63) is 110 Å². The van der Waals surface area contributed by atoms with Gasteiger partial charge in [0, 0.05) is 16.6 Å². The monoisotopic (exact) mass is 637 g/mol. The van der Waals surface area contributed by atoms with Crippen LogP contribution in [0.1, 0.15) is 16.7 Å². The van der Waals surface area contributed by atoms with Crippen molar-refractivity contribution in [2.45, 2.75) is 12.7 Å². The minimum absolute atomic E-state index is 0.0485. The van der Waals surface area contributed by atoms with Gasteiger partial charge in [0.15, 0.2) is 11.6 Å². The summed E-state index contributed by atoms with van der Waals surface area (Å²) in [7, 11) is 1.16. The Balaban J connectivity index is 2.10. The SMILES string of the molecule is COc1cccc(-n2c(=O)c(C(CBr)=Nc3ccc(N)cc3)c(N)n(Cc3c(F)cccc3C(F)(F)F)c2=O)c1F. The number of rotatable bonds is 7. The van der Waals surface area contributed by atoms with Crippen LogP contribution in [0.2, 0.25) is 0 Å². The van der Waals surface area contributed by atoms with Crippen LogP contribution in [0.5, 0.6) is 5.75 Å². The van der Waals surface area contributed by atoms with Crippen molar-refractivity contribution >= 4 is 38.8 Å². The molecule has 0 atom stereocenters. The zero-order valence-electron chi connectivity index (χ0n) is 21.2. The molecule has 1 heterocycles. The molecule has 0 amide bonds. The summed E-state index contributed by atoms with van der Waals surface area (Å²) in [4.78, 5) is 31.8. The van der Waals surface area contributed by atoms with E-state index in [1.165, 1.54) is 36.4 Å².